The second-order valence-corrected chi connectivity index (χ2v) is 12.5. The summed E-state index contributed by atoms with van der Waals surface area (Å²) in [6.45, 7) is 0. The molecule has 0 fully saturated rings. The van der Waals surface area contributed by atoms with Gasteiger partial charge in [0.25, 0.3) is 0 Å². The Labute approximate surface area is 232 Å². The number of rotatable bonds is 6. The number of para-hydroxylation sites is 1. The zero-order valence-corrected chi connectivity index (χ0v) is 22.7. The number of carbonyl (C=O) groups is 1. The second kappa shape index (κ2) is 13.7. The van der Waals surface area contributed by atoms with Gasteiger partial charge in [0, 0.05) is 0 Å². The highest BCUT2D eigenvalue weighted by atomic mass is 35.7. The molecule has 0 bridgehead atoms. The minimum absolute atomic E-state index is 0.0232. The summed E-state index contributed by atoms with van der Waals surface area (Å²) < 4.78 is 39.5. The van der Waals surface area contributed by atoms with E-state index >= 15 is 0 Å². The third-order valence-corrected chi connectivity index (χ3v) is 9.99. The highest BCUT2D eigenvalue weighted by molar-refractivity contribution is 7.99. The molecule has 38 heavy (non-hydrogen) atoms. The third-order valence-electron chi connectivity index (χ3n) is 5.12. The van der Waals surface area contributed by atoms with Crippen LogP contribution in [0.25, 0.3) is 0 Å². The molecule has 4 aromatic rings. The number of hydrogen-bond acceptors (Lipinski definition) is 6. The van der Waals surface area contributed by atoms with Crippen molar-refractivity contribution in [2.45, 2.75) is 0 Å². The van der Waals surface area contributed by atoms with Gasteiger partial charge in [-0.15, -0.1) is 10.2 Å². The van der Waals surface area contributed by atoms with E-state index in [1.165, 1.54) is 0 Å². The third kappa shape index (κ3) is 8.01. The Morgan fingerprint density at radius 1 is 0.632 bits per heavy atom. The van der Waals surface area contributed by atoms with Crippen LogP contribution < -0.4 is 44.6 Å². The van der Waals surface area contributed by atoms with E-state index in [0.29, 0.717) is 11.2 Å². The molecule has 4 aromatic carbocycles. The summed E-state index contributed by atoms with van der Waals surface area (Å²) in [6, 6.07) is 38.8. The molecule has 0 saturated carbocycles. The van der Waals surface area contributed by atoms with Crippen molar-refractivity contribution in [3.63, 3.8) is 0 Å². The molecule has 0 atom stereocenters. The van der Waals surface area contributed by atoms with Crippen LogP contribution >= 0.6 is 30.5 Å². The van der Waals surface area contributed by atoms with Gasteiger partial charge < -0.3 is 4.74 Å². The van der Waals surface area contributed by atoms with Gasteiger partial charge in [0.2, 0.25) is 5.44 Å². The first-order valence-electron chi connectivity index (χ1n) is 10.9. The van der Waals surface area contributed by atoms with Crippen LogP contribution in [-0.2, 0) is 0 Å². The van der Waals surface area contributed by atoms with Crippen molar-refractivity contribution in [3.05, 3.63) is 131 Å². The highest BCUT2D eigenvalue weighted by Crippen LogP contribution is 2.63. The molecule has 0 unspecified atom stereocenters. The van der Waals surface area contributed by atoms with Gasteiger partial charge in [-0.25, -0.2) is 23.4 Å². The SMILES string of the molecule is O=C(NC(=C(Cl)Cl)[P+](c1ccccc1)(c1ccccc1)c1ccccc1)Oc1ccccc1.[O-][Cl+3]([O-])([O-])[O-]. The van der Waals surface area contributed by atoms with Crippen LogP contribution in [0, 0.1) is 10.2 Å². The quantitative estimate of drug-likeness (QED) is 0.339. The van der Waals surface area contributed by atoms with Gasteiger partial charge in [0.15, 0.2) is 11.8 Å². The topological polar surface area (TPSA) is 131 Å². The molecule has 1 amide bonds. The van der Waals surface area contributed by atoms with Crippen LogP contribution in [-0.4, -0.2) is 6.09 Å². The summed E-state index contributed by atoms with van der Waals surface area (Å²) in [7, 11) is -7.62. The fraction of sp³-hybridized carbons (Fsp3) is 0. The first-order chi connectivity index (χ1) is 18.1. The van der Waals surface area contributed by atoms with E-state index in [9.17, 15) is 4.79 Å². The van der Waals surface area contributed by atoms with Crippen LogP contribution in [0.4, 0.5) is 4.79 Å². The fourth-order valence-corrected chi connectivity index (χ4v) is 8.66. The average molecular weight is 593 g/mol. The Kier molecular flexibility index (Phi) is 10.7. The number of halogens is 3. The highest BCUT2D eigenvalue weighted by Gasteiger charge is 2.52. The number of benzene rings is 4. The molecule has 11 heteroatoms. The molecular formula is C27H21Cl3NO6P. The average Bonchev–Trinajstić information content (AvgIpc) is 2.90. The molecule has 0 saturated heterocycles. The number of carbonyl (C=O) groups excluding carboxylic acids is 1. The van der Waals surface area contributed by atoms with Crippen LogP contribution in [0.1, 0.15) is 0 Å². The standard InChI is InChI=1S/C27H20Cl2NO2P.ClHO4/c28-25(29)26(30-27(31)32-21-13-5-1-6-14-21)33(22-15-7-2-8-16-22,23-17-9-3-10-18-23)24-19-11-4-12-20-24;2-1(3,4)5/h1-20H;(H,2,3,4,5). The van der Waals surface area contributed by atoms with Crippen LogP contribution in [0.2, 0.25) is 0 Å². The number of ether oxygens (including phenoxy) is 1. The Bertz CT molecular complexity index is 1230. The van der Waals surface area contributed by atoms with Crippen molar-refractivity contribution in [1.29, 1.82) is 0 Å². The molecule has 4 rings (SSSR count). The Hall–Kier alpha value is -2.97. The lowest BCUT2D eigenvalue weighted by Gasteiger charge is -2.29. The van der Waals surface area contributed by atoms with E-state index in [4.69, 9.17) is 46.6 Å². The Morgan fingerprint density at radius 3 is 1.26 bits per heavy atom. The van der Waals surface area contributed by atoms with Crippen molar-refractivity contribution in [2.24, 2.45) is 0 Å². The first kappa shape index (κ1) is 29.6. The summed E-state index contributed by atoms with van der Waals surface area (Å²) in [4.78, 5) is 13.0. The van der Waals surface area contributed by atoms with Crippen molar-refractivity contribution in [3.8, 4) is 5.75 Å². The molecule has 0 aliphatic carbocycles. The van der Waals surface area contributed by atoms with Crippen LogP contribution in [0.3, 0.4) is 0 Å². The van der Waals surface area contributed by atoms with Crippen molar-refractivity contribution in [1.82, 2.24) is 5.32 Å². The van der Waals surface area contributed by atoms with Gasteiger partial charge in [-0.1, -0.05) is 96.0 Å². The zero-order valence-electron chi connectivity index (χ0n) is 19.6. The van der Waals surface area contributed by atoms with E-state index < -0.39 is 23.6 Å². The van der Waals surface area contributed by atoms with Gasteiger partial charge in [0.1, 0.15) is 21.7 Å². The lowest BCUT2D eigenvalue weighted by Crippen LogP contribution is -2.68. The minimum atomic E-state index is -4.94. The van der Waals surface area contributed by atoms with Crippen molar-refractivity contribution in [2.75, 3.05) is 0 Å². The number of hydrogen-bond donors (Lipinski definition) is 1. The molecule has 1 N–H and O–H groups in total. The smallest absolute Gasteiger partial charge is 0.410 e. The molecular weight excluding hydrogens is 572 g/mol. The van der Waals surface area contributed by atoms with Crippen LogP contribution in [0.5, 0.6) is 5.75 Å². The second-order valence-electron chi connectivity index (χ2n) is 7.49. The monoisotopic (exact) mass is 591 g/mol. The molecule has 0 aromatic heterocycles. The van der Waals surface area contributed by atoms with E-state index in [-0.39, 0.29) is 4.49 Å². The molecule has 0 radical (unpaired) electrons. The zero-order chi connectivity index (χ0) is 27.6. The largest absolute Gasteiger partial charge is 0.419 e. The normalized spacial score (nSPS) is 11.0. The van der Waals surface area contributed by atoms with E-state index in [1.807, 2.05) is 97.1 Å². The number of amides is 1. The van der Waals surface area contributed by atoms with E-state index in [0.717, 1.165) is 15.9 Å². The summed E-state index contributed by atoms with van der Waals surface area (Å²) in [5, 5.41) is 5.89. The minimum Gasteiger partial charge on any atom is -0.410 e. The predicted octanol–water partition coefficient (Wildman–Crippen LogP) is 1.62. The van der Waals surface area contributed by atoms with Gasteiger partial charge in [0.05, 0.1) is 0 Å². The fourth-order valence-electron chi connectivity index (χ4n) is 3.76. The Morgan fingerprint density at radius 2 is 0.947 bits per heavy atom. The maximum Gasteiger partial charge on any atom is 0.419 e. The predicted molar refractivity (Wildman–Crippen MR) is 139 cm³/mol. The maximum absolute atomic E-state index is 13.0. The molecule has 0 aliphatic heterocycles. The molecule has 0 aliphatic rings. The molecule has 196 valence electrons. The van der Waals surface area contributed by atoms with Gasteiger partial charge in [-0.2, -0.15) is 0 Å². The summed E-state index contributed by atoms with van der Waals surface area (Å²) >= 11 is 13.1. The van der Waals surface area contributed by atoms with Gasteiger partial charge >= 0.3 is 6.09 Å². The lowest BCUT2D eigenvalue weighted by molar-refractivity contribution is -2.00. The van der Waals surface area contributed by atoms with Crippen molar-refractivity contribution >= 4 is 52.5 Å². The molecule has 0 spiro atoms. The van der Waals surface area contributed by atoms with Gasteiger partial charge in [-0.05, 0) is 48.5 Å². The number of nitrogens with one attached hydrogen (secondary N) is 1. The lowest BCUT2D eigenvalue weighted by atomic mass is 10.3. The van der Waals surface area contributed by atoms with E-state index in [2.05, 4.69) is 5.32 Å². The maximum atomic E-state index is 13.0. The van der Waals surface area contributed by atoms with E-state index in [1.54, 1.807) is 24.3 Å². The summed E-state index contributed by atoms with van der Waals surface area (Å²) in [6.07, 6.45) is -0.665. The van der Waals surface area contributed by atoms with Crippen LogP contribution in [0.15, 0.2) is 131 Å². The molecule has 7 nitrogen and oxygen atoms in total. The first-order valence-corrected chi connectivity index (χ1v) is 14.7. The summed E-state index contributed by atoms with van der Waals surface area (Å²) in [5.41, 5.74) is 0.412. The molecule has 0 heterocycles. The van der Waals surface area contributed by atoms with Crippen molar-refractivity contribution < 1.29 is 38.4 Å². The Balaban J connectivity index is 0.000000732. The van der Waals surface area contributed by atoms with Gasteiger partial charge in [-0.3, -0.25) is 5.32 Å². The summed E-state index contributed by atoms with van der Waals surface area (Å²) in [5.74, 6) is 0.420.